The monoisotopic (exact) mass is 404 g/mol. The quantitative estimate of drug-likeness (QED) is 0.489. The number of methoxy groups -OCH3 is 1. The van der Waals surface area contributed by atoms with Crippen molar-refractivity contribution in [3.63, 3.8) is 0 Å². The van der Waals surface area contributed by atoms with E-state index in [1.54, 1.807) is 31.5 Å². The minimum atomic E-state index is -0.294. The van der Waals surface area contributed by atoms with Crippen molar-refractivity contribution in [3.05, 3.63) is 83.8 Å². The summed E-state index contributed by atoms with van der Waals surface area (Å²) in [6.45, 7) is 0. The summed E-state index contributed by atoms with van der Waals surface area (Å²) < 4.78 is 7.22. The zero-order chi connectivity index (χ0) is 20.2. The molecule has 7 heteroatoms. The van der Waals surface area contributed by atoms with E-state index >= 15 is 0 Å². The lowest BCUT2D eigenvalue weighted by molar-refractivity contribution is -0.111. The fourth-order valence-electron chi connectivity index (χ4n) is 2.88. The fraction of sp³-hybridized carbons (Fsp3) is 0.0455. The smallest absolute Gasteiger partial charge is 0.248 e. The predicted octanol–water partition coefficient (Wildman–Crippen LogP) is 4.71. The molecule has 144 valence electrons. The van der Waals surface area contributed by atoms with Crippen LogP contribution >= 0.6 is 11.6 Å². The summed E-state index contributed by atoms with van der Waals surface area (Å²) in [6.07, 6.45) is 8.55. The first-order valence-corrected chi connectivity index (χ1v) is 9.23. The molecule has 1 amide bonds. The molecule has 4 aromatic rings. The molecule has 2 aromatic carbocycles. The van der Waals surface area contributed by atoms with E-state index in [1.165, 1.54) is 6.08 Å². The molecule has 0 bridgehead atoms. The van der Waals surface area contributed by atoms with Crippen molar-refractivity contribution in [2.24, 2.45) is 0 Å². The van der Waals surface area contributed by atoms with Gasteiger partial charge in [0.1, 0.15) is 5.75 Å². The number of nitrogens with one attached hydrogen (secondary N) is 1. The van der Waals surface area contributed by atoms with Gasteiger partial charge in [-0.05, 0) is 42.0 Å². The largest absolute Gasteiger partial charge is 0.495 e. The van der Waals surface area contributed by atoms with Gasteiger partial charge < -0.3 is 10.1 Å². The summed E-state index contributed by atoms with van der Waals surface area (Å²) in [6, 6.07) is 14.6. The summed E-state index contributed by atoms with van der Waals surface area (Å²) in [5.74, 6) is 0.860. The third kappa shape index (κ3) is 4.12. The van der Waals surface area contributed by atoms with E-state index in [1.807, 2.05) is 53.2 Å². The van der Waals surface area contributed by atoms with E-state index in [2.05, 4.69) is 15.3 Å². The summed E-state index contributed by atoms with van der Waals surface area (Å²) in [7, 11) is 1.55. The predicted molar refractivity (Wildman–Crippen MR) is 114 cm³/mol. The van der Waals surface area contributed by atoms with Gasteiger partial charge in [0.05, 0.1) is 18.5 Å². The maximum absolute atomic E-state index is 12.4. The van der Waals surface area contributed by atoms with Crippen LogP contribution < -0.4 is 10.1 Å². The van der Waals surface area contributed by atoms with E-state index in [-0.39, 0.29) is 5.91 Å². The van der Waals surface area contributed by atoms with Gasteiger partial charge in [-0.1, -0.05) is 29.8 Å². The SMILES string of the molecule is COc1ccc(-c2cn3cccnc3n2)cc1NC(=O)/C=C/c1ccccc1Cl. The number of hydrogen-bond acceptors (Lipinski definition) is 4. The molecular formula is C22H17ClN4O2. The highest BCUT2D eigenvalue weighted by molar-refractivity contribution is 6.32. The molecule has 0 radical (unpaired) electrons. The molecule has 1 N–H and O–H groups in total. The third-order valence-corrected chi connectivity index (χ3v) is 4.65. The summed E-state index contributed by atoms with van der Waals surface area (Å²) in [5.41, 5.74) is 2.89. The molecule has 0 saturated carbocycles. The topological polar surface area (TPSA) is 68.5 Å². The maximum atomic E-state index is 12.4. The first kappa shape index (κ1) is 18.7. The number of hydrogen-bond donors (Lipinski definition) is 1. The standard InChI is InChI=1S/C22H17ClN4O2/c1-29-20-9-7-16(19-14-27-12-4-11-24-22(27)26-19)13-18(20)25-21(28)10-8-15-5-2-3-6-17(15)23/h2-14H,1H3,(H,25,28)/b10-8+. The number of carbonyl (C=O) groups excluding carboxylic acids is 1. The van der Waals surface area contributed by atoms with Gasteiger partial charge in [-0.2, -0.15) is 0 Å². The van der Waals surface area contributed by atoms with Crippen molar-refractivity contribution in [2.45, 2.75) is 0 Å². The molecule has 0 unspecified atom stereocenters. The van der Waals surface area contributed by atoms with Gasteiger partial charge >= 0.3 is 0 Å². The zero-order valence-electron chi connectivity index (χ0n) is 15.5. The summed E-state index contributed by atoms with van der Waals surface area (Å²) in [5, 5.41) is 3.43. The molecule has 0 aliphatic carbocycles. The van der Waals surface area contributed by atoms with E-state index in [4.69, 9.17) is 16.3 Å². The molecule has 6 nitrogen and oxygen atoms in total. The van der Waals surface area contributed by atoms with Crippen LogP contribution in [0.15, 0.2) is 73.2 Å². The number of imidazole rings is 1. The number of amides is 1. The number of rotatable bonds is 5. The maximum Gasteiger partial charge on any atom is 0.248 e. The number of nitrogens with zero attached hydrogens (tertiary/aromatic N) is 3. The summed E-state index contributed by atoms with van der Waals surface area (Å²) in [4.78, 5) is 21.2. The Balaban J connectivity index is 1.60. The average molecular weight is 405 g/mol. The second kappa shape index (κ2) is 8.16. The number of benzene rings is 2. The van der Waals surface area contributed by atoms with Crippen molar-refractivity contribution in [1.29, 1.82) is 0 Å². The van der Waals surface area contributed by atoms with Crippen LogP contribution in [0.3, 0.4) is 0 Å². The third-order valence-electron chi connectivity index (χ3n) is 4.31. The van der Waals surface area contributed by atoms with Crippen LogP contribution in [-0.4, -0.2) is 27.4 Å². The van der Waals surface area contributed by atoms with Crippen molar-refractivity contribution >= 4 is 35.0 Å². The highest BCUT2D eigenvalue weighted by Crippen LogP contribution is 2.30. The molecule has 0 saturated heterocycles. The molecule has 0 fully saturated rings. The van der Waals surface area contributed by atoms with Crippen LogP contribution in [0.4, 0.5) is 5.69 Å². The molecule has 0 atom stereocenters. The number of carbonyl (C=O) groups is 1. The summed E-state index contributed by atoms with van der Waals surface area (Å²) >= 11 is 6.12. The first-order chi connectivity index (χ1) is 14.1. The highest BCUT2D eigenvalue weighted by Gasteiger charge is 2.11. The number of aromatic nitrogens is 3. The molecule has 29 heavy (non-hydrogen) atoms. The number of anilines is 1. The minimum Gasteiger partial charge on any atom is -0.495 e. The Labute approximate surface area is 172 Å². The van der Waals surface area contributed by atoms with E-state index < -0.39 is 0 Å². The Morgan fingerprint density at radius 2 is 2.07 bits per heavy atom. The molecule has 0 aliphatic heterocycles. The second-order valence-corrected chi connectivity index (χ2v) is 6.62. The van der Waals surface area contributed by atoms with Gasteiger partial charge in [-0.15, -0.1) is 0 Å². The van der Waals surface area contributed by atoms with Gasteiger partial charge in [-0.25, -0.2) is 9.97 Å². The fourth-order valence-corrected chi connectivity index (χ4v) is 3.08. The van der Waals surface area contributed by atoms with E-state index in [0.29, 0.717) is 22.2 Å². The van der Waals surface area contributed by atoms with Gasteiger partial charge in [0.15, 0.2) is 0 Å². The van der Waals surface area contributed by atoms with Crippen molar-refractivity contribution < 1.29 is 9.53 Å². The van der Waals surface area contributed by atoms with Crippen LogP contribution in [0, 0.1) is 0 Å². The molecular weight excluding hydrogens is 388 g/mol. The lowest BCUT2D eigenvalue weighted by Crippen LogP contribution is -2.09. The number of ether oxygens (including phenoxy) is 1. The Bertz CT molecular complexity index is 1180. The Kier molecular flexibility index (Phi) is 5.27. The van der Waals surface area contributed by atoms with Gasteiger partial charge in [0, 0.05) is 35.3 Å². The van der Waals surface area contributed by atoms with Gasteiger partial charge in [0.25, 0.3) is 0 Å². The minimum absolute atomic E-state index is 0.294. The Hall–Kier alpha value is -3.64. The molecule has 4 rings (SSSR count). The highest BCUT2D eigenvalue weighted by atomic mass is 35.5. The normalized spacial score (nSPS) is 11.1. The Morgan fingerprint density at radius 1 is 1.21 bits per heavy atom. The van der Waals surface area contributed by atoms with Crippen LogP contribution in [0.1, 0.15) is 5.56 Å². The van der Waals surface area contributed by atoms with Crippen LogP contribution in [0.25, 0.3) is 23.1 Å². The van der Waals surface area contributed by atoms with E-state index in [0.717, 1.165) is 16.8 Å². The second-order valence-electron chi connectivity index (χ2n) is 6.21. The number of halogens is 1. The van der Waals surface area contributed by atoms with Crippen molar-refractivity contribution in [3.8, 4) is 17.0 Å². The van der Waals surface area contributed by atoms with Crippen LogP contribution in [-0.2, 0) is 4.79 Å². The molecule has 0 spiro atoms. The van der Waals surface area contributed by atoms with Crippen molar-refractivity contribution in [1.82, 2.24) is 14.4 Å². The molecule has 2 heterocycles. The Morgan fingerprint density at radius 3 is 2.86 bits per heavy atom. The van der Waals surface area contributed by atoms with Crippen molar-refractivity contribution in [2.75, 3.05) is 12.4 Å². The molecule has 2 aromatic heterocycles. The lowest BCUT2D eigenvalue weighted by atomic mass is 10.1. The van der Waals surface area contributed by atoms with Gasteiger partial charge in [0.2, 0.25) is 11.7 Å². The number of fused-ring (bicyclic) bond motifs is 1. The van der Waals surface area contributed by atoms with E-state index in [9.17, 15) is 4.79 Å². The lowest BCUT2D eigenvalue weighted by Gasteiger charge is -2.10. The van der Waals surface area contributed by atoms with Gasteiger partial charge in [-0.3, -0.25) is 9.20 Å². The molecule has 0 aliphatic rings. The van der Waals surface area contributed by atoms with Crippen LogP contribution in [0.2, 0.25) is 5.02 Å². The van der Waals surface area contributed by atoms with Crippen LogP contribution in [0.5, 0.6) is 5.75 Å². The zero-order valence-corrected chi connectivity index (χ0v) is 16.3. The first-order valence-electron chi connectivity index (χ1n) is 8.86. The average Bonchev–Trinajstić information content (AvgIpc) is 3.17.